The Kier molecular flexibility index (Phi) is 5.53. The fourth-order valence-corrected chi connectivity index (χ4v) is 2.26. The fraction of sp³-hybridized carbons (Fsp3) is 0.111. The number of nitrogens with one attached hydrogen (secondary N) is 2. The van der Waals surface area contributed by atoms with Crippen LogP contribution in [0.5, 0.6) is 0 Å². The van der Waals surface area contributed by atoms with Crippen LogP contribution in [0.4, 0.5) is 5.82 Å². The third-order valence-electron chi connectivity index (χ3n) is 3.44. The summed E-state index contributed by atoms with van der Waals surface area (Å²) in [6, 6.07) is 14.6. The molecule has 1 aromatic carbocycles. The number of amides is 1. The average Bonchev–Trinajstić information content (AvgIpc) is 2.67. The third-order valence-corrected chi connectivity index (χ3v) is 3.69. The Morgan fingerprint density at radius 1 is 1.00 bits per heavy atom. The summed E-state index contributed by atoms with van der Waals surface area (Å²) in [5.74, 6) is 0.301. The predicted octanol–water partition coefficient (Wildman–Crippen LogP) is 3.07. The lowest BCUT2D eigenvalue weighted by molar-refractivity contribution is 0.0946. The van der Waals surface area contributed by atoms with Gasteiger partial charge in [0.05, 0.1) is 12.2 Å². The maximum atomic E-state index is 12.2. The maximum Gasteiger partial charge on any atom is 0.270 e. The number of carbonyl (C=O) groups is 1. The van der Waals surface area contributed by atoms with Gasteiger partial charge in [0.2, 0.25) is 0 Å². The van der Waals surface area contributed by atoms with Gasteiger partial charge in [0.1, 0.15) is 17.8 Å². The highest BCUT2D eigenvalue weighted by Gasteiger charge is 2.08. The summed E-state index contributed by atoms with van der Waals surface area (Å²) in [5, 5.41) is 6.61. The van der Waals surface area contributed by atoms with E-state index in [1.165, 1.54) is 6.33 Å². The lowest BCUT2D eigenvalue weighted by atomic mass is 10.2. The van der Waals surface area contributed by atoms with Crippen LogP contribution in [0.25, 0.3) is 0 Å². The van der Waals surface area contributed by atoms with Crippen molar-refractivity contribution in [1.29, 1.82) is 0 Å². The van der Waals surface area contributed by atoms with Crippen molar-refractivity contribution in [2.75, 3.05) is 5.32 Å². The van der Waals surface area contributed by atoms with Gasteiger partial charge in [-0.2, -0.15) is 0 Å². The summed E-state index contributed by atoms with van der Waals surface area (Å²) >= 11 is 5.85. The summed E-state index contributed by atoms with van der Waals surface area (Å²) in [7, 11) is 0. The van der Waals surface area contributed by atoms with E-state index in [4.69, 9.17) is 11.6 Å². The van der Waals surface area contributed by atoms with Crippen molar-refractivity contribution in [2.45, 2.75) is 13.1 Å². The molecule has 0 saturated carbocycles. The van der Waals surface area contributed by atoms with Gasteiger partial charge in [0.15, 0.2) is 0 Å². The largest absolute Gasteiger partial charge is 0.364 e. The van der Waals surface area contributed by atoms with Crippen LogP contribution >= 0.6 is 11.6 Å². The molecule has 0 aliphatic heterocycles. The van der Waals surface area contributed by atoms with Crippen molar-refractivity contribution >= 4 is 23.3 Å². The standard InChI is InChI=1S/C18H16ClN5O/c19-14-6-4-13(5-7-14)10-22-18(25)16-9-17(24-12-23-16)21-11-15-3-1-2-8-20-15/h1-9,12H,10-11H2,(H,22,25)(H,21,23,24). The second kappa shape index (κ2) is 8.21. The normalized spacial score (nSPS) is 10.3. The molecule has 2 N–H and O–H groups in total. The first-order valence-corrected chi connectivity index (χ1v) is 8.07. The van der Waals surface area contributed by atoms with Crippen LogP contribution in [-0.4, -0.2) is 20.9 Å². The van der Waals surface area contributed by atoms with Crippen molar-refractivity contribution in [1.82, 2.24) is 20.3 Å². The van der Waals surface area contributed by atoms with E-state index in [0.717, 1.165) is 11.3 Å². The van der Waals surface area contributed by atoms with E-state index in [9.17, 15) is 4.79 Å². The monoisotopic (exact) mass is 353 g/mol. The lowest BCUT2D eigenvalue weighted by Crippen LogP contribution is -2.24. The summed E-state index contributed by atoms with van der Waals surface area (Å²) in [6.07, 6.45) is 3.09. The quantitative estimate of drug-likeness (QED) is 0.712. The van der Waals surface area contributed by atoms with Gasteiger partial charge in [-0.1, -0.05) is 29.8 Å². The fourth-order valence-electron chi connectivity index (χ4n) is 2.14. The van der Waals surface area contributed by atoms with E-state index in [2.05, 4.69) is 25.6 Å². The Morgan fingerprint density at radius 2 is 1.84 bits per heavy atom. The van der Waals surface area contributed by atoms with Crippen LogP contribution in [0.2, 0.25) is 5.02 Å². The Labute approximate surface area is 150 Å². The summed E-state index contributed by atoms with van der Waals surface area (Å²) < 4.78 is 0. The number of carbonyl (C=O) groups excluding carboxylic acids is 1. The van der Waals surface area contributed by atoms with Crippen molar-refractivity contribution in [3.05, 3.63) is 83.0 Å². The Balaban J connectivity index is 1.58. The number of aromatic nitrogens is 3. The number of hydrogen-bond acceptors (Lipinski definition) is 5. The predicted molar refractivity (Wildman–Crippen MR) is 96.2 cm³/mol. The van der Waals surface area contributed by atoms with Gasteiger partial charge >= 0.3 is 0 Å². The molecule has 0 fully saturated rings. The molecule has 2 heterocycles. The SMILES string of the molecule is O=C(NCc1ccc(Cl)cc1)c1cc(NCc2ccccn2)ncn1. The molecule has 0 spiro atoms. The molecule has 0 aliphatic carbocycles. The third kappa shape index (κ3) is 4.99. The molecule has 6 nitrogen and oxygen atoms in total. The number of nitrogens with zero attached hydrogens (tertiary/aromatic N) is 3. The van der Waals surface area contributed by atoms with Gasteiger partial charge in [-0.3, -0.25) is 9.78 Å². The zero-order chi connectivity index (χ0) is 17.5. The van der Waals surface area contributed by atoms with E-state index in [0.29, 0.717) is 29.6 Å². The Morgan fingerprint density at radius 3 is 2.60 bits per heavy atom. The maximum absolute atomic E-state index is 12.2. The van der Waals surface area contributed by atoms with Crippen LogP contribution < -0.4 is 10.6 Å². The number of halogens is 1. The van der Waals surface area contributed by atoms with Crippen molar-refractivity contribution in [3.63, 3.8) is 0 Å². The van der Waals surface area contributed by atoms with Gasteiger partial charge in [0, 0.05) is 23.8 Å². The van der Waals surface area contributed by atoms with E-state index < -0.39 is 0 Å². The van der Waals surface area contributed by atoms with E-state index in [1.54, 1.807) is 24.4 Å². The van der Waals surface area contributed by atoms with E-state index >= 15 is 0 Å². The topological polar surface area (TPSA) is 79.8 Å². The van der Waals surface area contributed by atoms with Gasteiger partial charge in [-0.15, -0.1) is 0 Å². The van der Waals surface area contributed by atoms with E-state index in [-0.39, 0.29) is 5.91 Å². The highest BCUT2D eigenvalue weighted by Crippen LogP contribution is 2.10. The number of benzene rings is 1. The van der Waals surface area contributed by atoms with Gasteiger partial charge < -0.3 is 10.6 Å². The van der Waals surface area contributed by atoms with Gasteiger partial charge in [-0.25, -0.2) is 9.97 Å². The van der Waals surface area contributed by atoms with Crippen molar-refractivity contribution < 1.29 is 4.79 Å². The number of rotatable bonds is 6. The first-order valence-electron chi connectivity index (χ1n) is 7.69. The van der Waals surface area contributed by atoms with Gasteiger partial charge in [-0.05, 0) is 29.8 Å². The molecule has 126 valence electrons. The summed E-state index contributed by atoms with van der Waals surface area (Å²) in [6.45, 7) is 0.917. The highest BCUT2D eigenvalue weighted by atomic mass is 35.5. The minimum Gasteiger partial charge on any atom is -0.364 e. The number of hydrogen-bond donors (Lipinski definition) is 2. The number of pyridine rings is 1. The molecule has 25 heavy (non-hydrogen) atoms. The molecule has 0 radical (unpaired) electrons. The molecular weight excluding hydrogens is 338 g/mol. The lowest BCUT2D eigenvalue weighted by Gasteiger charge is -2.08. The molecule has 0 unspecified atom stereocenters. The minimum absolute atomic E-state index is 0.266. The van der Waals surface area contributed by atoms with E-state index in [1.807, 2.05) is 30.3 Å². The van der Waals surface area contributed by atoms with Crippen LogP contribution in [0, 0.1) is 0 Å². The smallest absolute Gasteiger partial charge is 0.270 e. The van der Waals surface area contributed by atoms with Crippen LogP contribution in [0.3, 0.4) is 0 Å². The average molecular weight is 354 g/mol. The molecule has 0 saturated heterocycles. The second-order valence-electron chi connectivity index (χ2n) is 5.27. The first kappa shape index (κ1) is 16.9. The molecule has 2 aromatic heterocycles. The molecule has 0 aliphatic rings. The first-order chi connectivity index (χ1) is 12.2. The Bertz CT molecular complexity index is 840. The minimum atomic E-state index is -0.266. The van der Waals surface area contributed by atoms with Crippen LogP contribution in [0.1, 0.15) is 21.7 Å². The van der Waals surface area contributed by atoms with Crippen molar-refractivity contribution in [3.8, 4) is 0 Å². The Hall–Kier alpha value is -2.99. The number of anilines is 1. The molecule has 7 heteroatoms. The second-order valence-corrected chi connectivity index (χ2v) is 5.71. The van der Waals surface area contributed by atoms with Gasteiger partial charge in [0.25, 0.3) is 5.91 Å². The van der Waals surface area contributed by atoms with Crippen LogP contribution in [0.15, 0.2) is 61.1 Å². The van der Waals surface area contributed by atoms with Crippen molar-refractivity contribution in [2.24, 2.45) is 0 Å². The molecule has 3 aromatic rings. The molecule has 0 bridgehead atoms. The molecule has 0 atom stereocenters. The molecular formula is C18H16ClN5O. The summed E-state index contributed by atoms with van der Waals surface area (Å²) in [4.78, 5) is 24.6. The zero-order valence-corrected chi connectivity index (χ0v) is 14.1. The van der Waals surface area contributed by atoms with Crippen LogP contribution in [-0.2, 0) is 13.1 Å². The highest BCUT2D eigenvalue weighted by molar-refractivity contribution is 6.30. The molecule has 1 amide bonds. The zero-order valence-electron chi connectivity index (χ0n) is 13.3. The molecule has 3 rings (SSSR count). The summed E-state index contributed by atoms with van der Waals surface area (Å²) in [5.41, 5.74) is 2.14.